The second-order valence-electron chi connectivity index (χ2n) is 14.4. The highest BCUT2D eigenvalue weighted by molar-refractivity contribution is 7.80. The van der Waals surface area contributed by atoms with Crippen molar-refractivity contribution in [2.24, 2.45) is 23.3 Å². The monoisotopic (exact) mass is 828 g/mol. The molecule has 18 nitrogen and oxygen atoms in total. The third-order valence-electron chi connectivity index (χ3n) is 8.91. The topological polar surface area (TPSA) is 301 Å². The maximum absolute atomic E-state index is 14.0. The average Bonchev–Trinajstić information content (AvgIpc) is 3.16. The number of hydrogen-bond acceptors (Lipinski definition) is 11. The molecule has 2 rings (SSSR count). The number of nitrogens with one attached hydrogen (secondary N) is 6. The second-order valence-corrected chi connectivity index (χ2v) is 14.9. The number of phenols is 1. The Morgan fingerprint density at radius 3 is 1.66 bits per heavy atom. The number of primary amides is 1. The minimum Gasteiger partial charge on any atom is -0.508 e. The number of amides is 7. The van der Waals surface area contributed by atoms with E-state index in [-0.39, 0.29) is 30.8 Å². The van der Waals surface area contributed by atoms with Crippen LogP contribution in [0, 0.1) is 11.8 Å². The van der Waals surface area contributed by atoms with Crippen molar-refractivity contribution < 1.29 is 48.6 Å². The average molecular weight is 829 g/mol. The normalized spacial score (nSPS) is 14.1. The van der Waals surface area contributed by atoms with Gasteiger partial charge in [-0.3, -0.25) is 38.4 Å². The lowest BCUT2D eigenvalue weighted by molar-refractivity contribution is -0.139. The summed E-state index contributed by atoms with van der Waals surface area (Å²) in [5.41, 5.74) is 12.5. The van der Waals surface area contributed by atoms with Crippen LogP contribution in [-0.2, 0) is 51.2 Å². The van der Waals surface area contributed by atoms with Gasteiger partial charge in [-0.05, 0) is 60.1 Å². The van der Waals surface area contributed by atoms with E-state index in [0.717, 1.165) is 0 Å². The number of phenolic OH excluding ortho intramolecular Hbond substituents is 1. The standard InChI is InChI=1S/C39H56N8O10S/c1-21(2)32(38(56)42-20-30(41)49)47-39(57)33(22(3)4)46-36(54)27(14-15-31(50)51)44-37(55)29(19-23-8-6-5-7-9-23)45-35(53)28(16-17-58)43-34(52)26(40)18-24-10-12-25(48)13-11-24/h5-13,21-22,26-29,32-33,48,58H,14-20,40H2,1-4H3,(H2,41,49)(H,42,56)(H,43,52)(H,44,55)(H,45,53)(H,46,54)(H,47,57)(H,50,51)/t26-,27-,28+,29-,32-,33-/m0/s1. The summed E-state index contributed by atoms with van der Waals surface area (Å²) >= 11 is 4.22. The highest BCUT2D eigenvalue weighted by Crippen LogP contribution is 2.13. The van der Waals surface area contributed by atoms with Gasteiger partial charge in [0.2, 0.25) is 41.4 Å². The fourth-order valence-corrected chi connectivity index (χ4v) is 5.90. The Bertz CT molecular complexity index is 1730. The number of hydrogen-bond donors (Lipinski definition) is 11. The first-order valence-electron chi connectivity index (χ1n) is 18.8. The number of benzene rings is 2. The molecular formula is C39H56N8O10S. The largest absolute Gasteiger partial charge is 0.508 e. The quantitative estimate of drug-likeness (QED) is 0.0572. The van der Waals surface area contributed by atoms with Crippen molar-refractivity contribution in [1.29, 1.82) is 0 Å². The van der Waals surface area contributed by atoms with Crippen LogP contribution in [-0.4, -0.2) is 106 Å². The van der Waals surface area contributed by atoms with Crippen molar-refractivity contribution in [3.63, 3.8) is 0 Å². The van der Waals surface area contributed by atoms with E-state index >= 15 is 0 Å². The van der Waals surface area contributed by atoms with Gasteiger partial charge in [0.05, 0.1) is 12.6 Å². The molecule has 0 spiro atoms. The minimum absolute atomic E-state index is 0.0420. The number of thiol groups is 1. The summed E-state index contributed by atoms with van der Waals surface area (Å²) in [6.45, 7) is 6.10. The molecule has 58 heavy (non-hydrogen) atoms. The van der Waals surface area contributed by atoms with Gasteiger partial charge in [0.25, 0.3) is 0 Å². The van der Waals surface area contributed by atoms with Crippen LogP contribution in [0.5, 0.6) is 5.75 Å². The highest BCUT2D eigenvalue weighted by Gasteiger charge is 2.34. The zero-order valence-electron chi connectivity index (χ0n) is 33.0. The van der Waals surface area contributed by atoms with E-state index in [9.17, 15) is 48.6 Å². The maximum Gasteiger partial charge on any atom is 0.303 e. The molecule has 0 heterocycles. The molecule has 0 aliphatic carbocycles. The van der Waals surface area contributed by atoms with Crippen LogP contribution in [0.4, 0.5) is 0 Å². The zero-order valence-corrected chi connectivity index (χ0v) is 33.9. The molecular weight excluding hydrogens is 773 g/mol. The van der Waals surface area contributed by atoms with Crippen molar-refractivity contribution in [2.45, 2.75) is 96.1 Å². The molecule has 6 atom stereocenters. The van der Waals surface area contributed by atoms with Gasteiger partial charge < -0.3 is 53.6 Å². The molecule has 2 aromatic carbocycles. The zero-order chi connectivity index (χ0) is 43.5. The van der Waals surface area contributed by atoms with Crippen molar-refractivity contribution in [1.82, 2.24) is 31.9 Å². The number of carboxylic acid groups (broad SMARTS) is 1. The van der Waals surface area contributed by atoms with Gasteiger partial charge in [0.15, 0.2) is 0 Å². The van der Waals surface area contributed by atoms with E-state index in [1.54, 1.807) is 70.2 Å². The number of aromatic hydroxyl groups is 1. The smallest absolute Gasteiger partial charge is 0.303 e. The minimum atomic E-state index is -1.50. The van der Waals surface area contributed by atoms with E-state index < -0.39 is 115 Å². The molecule has 0 aliphatic rings. The predicted octanol–water partition coefficient (Wildman–Crippen LogP) is -0.973. The van der Waals surface area contributed by atoms with Gasteiger partial charge in [0, 0.05) is 12.8 Å². The van der Waals surface area contributed by atoms with E-state index in [0.29, 0.717) is 11.1 Å². The first-order valence-corrected chi connectivity index (χ1v) is 19.4. The van der Waals surface area contributed by atoms with E-state index in [4.69, 9.17) is 11.5 Å². The Labute approximate surface area is 342 Å². The number of aliphatic carboxylic acids is 1. The van der Waals surface area contributed by atoms with Crippen molar-refractivity contribution in [3.05, 3.63) is 65.7 Å². The molecule has 0 fully saturated rings. The Balaban J connectivity index is 2.32. The molecule has 0 aliphatic heterocycles. The van der Waals surface area contributed by atoms with E-state index in [1.165, 1.54) is 12.1 Å². The van der Waals surface area contributed by atoms with Crippen LogP contribution in [0.25, 0.3) is 0 Å². The van der Waals surface area contributed by atoms with Crippen molar-refractivity contribution in [2.75, 3.05) is 12.3 Å². The van der Waals surface area contributed by atoms with E-state index in [2.05, 4.69) is 44.5 Å². The number of carboxylic acids is 1. The first-order chi connectivity index (χ1) is 27.3. The second kappa shape index (κ2) is 24.2. The Hall–Kier alpha value is -5.69. The predicted molar refractivity (Wildman–Crippen MR) is 217 cm³/mol. The molecule has 0 saturated carbocycles. The Morgan fingerprint density at radius 2 is 1.10 bits per heavy atom. The summed E-state index contributed by atoms with van der Waals surface area (Å²) in [5.74, 6) is -7.46. The van der Waals surface area contributed by atoms with Gasteiger partial charge in [-0.15, -0.1) is 0 Å². The summed E-state index contributed by atoms with van der Waals surface area (Å²) in [6, 6.07) is 7.27. The fourth-order valence-electron chi connectivity index (χ4n) is 5.65. The first kappa shape index (κ1) is 48.5. The van der Waals surface area contributed by atoms with Crippen molar-refractivity contribution in [3.8, 4) is 5.75 Å². The summed E-state index contributed by atoms with van der Waals surface area (Å²) in [5, 5.41) is 34.3. The summed E-state index contributed by atoms with van der Waals surface area (Å²) < 4.78 is 0. The van der Waals surface area contributed by atoms with Crippen LogP contribution in [0.15, 0.2) is 54.6 Å². The molecule has 2 aromatic rings. The van der Waals surface area contributed by atoms with Gasteiger partial charge >= 0.3 is 5.97 Å². The maximum atomic E-state index is 14.0. The Morgan fingerprint density at radius 1 is 0.621 bits per heavy atom. The van der Waals surface area contributed by atoms with Crippen molar-refractivity contribution >= 4 is 59.9 Å². The molecule has 0 bridgehead atoms. The van der Waals surface area contributed by atoms with Gasteiger partial charge in [0.1, 0.15) is 36.0 Å². The van der Waals surface area contributed by atoms with Crippen LogP contribution in [0.3, 0.4) is 0 Å². The van der Waals surface area contributed by atoms with Crippen LogP contribution in [0.1, 0.15) is 58.1 Å². The summed E-state index contributed by atoms with van der Waals surface area (Å²) in [4.78, 5) is 104. The molecule has 7 amide bonds. The molecule has 0 unspecified atom stereocenters. The number of carbonyl (C=O) groups is 8. The fraction of sp³-hybridized carbons (Fsp3) is 0.487. The van der Waals surface area contributed by atoms with Crippen LogP contribution in [0.2, 0.25) is 0 Å². The molecule has 0 aromatic heterocycles. The molecule has 19 heteroatoms. The number of rotatable bonds is 24. The lowest BCUT2D eigenvalue weighted by atomic mass is 9.98. The molecule has 0 saturated heterocycles. The lowest BCUT2D eigenvalue weighted by Crippen LogP contribution is -2.61. The lowest BCUT2D eigenvalue weighted by Gasteiger charge is -2.29. The number of carbonyl (C=O) groups excluding carboxylic acids is 7. The van der Waals surface area contributed by atoms with E-state index in [1.807, 2.05) is 0 Å². The third-order valence-corrected chi connectivity index (χ3v) is 9.16. The molecule has 318 valence electrons. The highest BCUT2D eigenvalue weighted by atomic mass is 32.1. The van der Waals surface area contributed by atoms with Gasteiger partial charge in [-0.1, -0.05) is 70.2 Å². The SMILES string of the molecule is CC(C)[C@H](NC(=O)[C@H](CCC(=O)O)NC(=O)[C@H](Cc1ccccc1)NC(=O)[C@@H](CCS)NC(=O)[C@@H](N)Cc1ccc(O)cc1)C(=O)N[C@H](C(=O)NCC(N)=O)C(C)C. The van der Waals surface area contributed by atoms with Crippen LogP contribution < -0.4 is 43.4 Å². The van der Waals surface area contributed by atoms with Crippen LogP contribution >= 0.6 is 12.6 Å². The van der Waals surface area contributed by atoms with Gasteiger partial charge in [-0.25, -0.2) is 0 Å². The molecule has 0 radical (unpaired) electrons. The Kier molecular flexibility index (Phi) is 20.2. The number of nitrogens with two attached hydrogens (primary N) is 2. The van der Waals surface area contributed by atoms with Gasteiger partial charge in [-0.2, -0.15) is 12.6 Å². The summed E-state index contributed by atoms with van der Waals surface area (Å²) in [6.07, 6.45) is -0.864. The summed E-state index contributed by atoms with van der Waals surface area (Å²) in [7, 11) is 0. The molecule has 12 N–H and O–H groups in total. The third kappa shape index (κ3) is 16.8.